The van der Waals surface area contributed by atoms with E-state index < -0.39 is 0 Å². The molecule has 1 amide bonds. The number of nitrogens with zero attached hydrogens (tertiary/aromatic N) is 2. The van der Waals surface area contributed by atoms with Gasteiger partial charge >= 0.3 is 0 Å². The number of carbonyl (C=O) groups excluding carboxylic acids is 1. The van der Waals surface area contributed by atoms with Crippen LogP contribution in [0.15, 0.2) is 42.5 Å². The van der Waals surface area contributed by atoms with Crippen molar-refractivity contribution in [2.45, 2.75) is 25.9 Å². The van der Waals surface area contributed by atoms with Gasteiger partial charge in [-0.2, -0.15) is 0 Å². The lowest BCUT2D eigenvalue weighted by molar-refractivity contribution is 0.0705. The molecule has 0 bridgehead atoms. The number of likely N-dealkylation sites (tertiary alicyclic amines) is 1. The molecule has 1 aromatic carbocycles. The van der Waals surface area contributed by atoms with Gasteiger partial charge in [0.05, 0.1) is 11.5 Å². The molecule has 27 heavy (non-hydrogen) atoms. The monoisotopic (exact) mass is 386 g/mol. The van der Waals surface area contributed by atoms with E-state index in [1.165, 1.54) is 18.4 Å². The van der Waals surface area contributed by atoms with E-state index in [1.807, 2.05) is 18.2 Å². The smallest absolute Gasteiger partial charge is 0.263 e. The van der Waals surface area contributed by atoms with E-state index in [0.717, 1.165) is 42.4 Å². The molecule has 1 aromatic heterocycles. The summed E-state index contributed by atoms with van der Waals surface area (Å²) in [5.74, 6) is 0.761. The summed E-state index contributed by atoms with van der Waals surface area (Å²) in [5, 5.41) is 0. The maximum absolute atomic E-state index is 13.2. The van der Waals surface area contributed by atoms with E-state index in [4.69, 9.17) is 4.74 Å². The molecular formula is C22H30N2O2S. The Morgan fingerprint density at radius 1 is 1.19 bits per heavy atom. The Hall–Kier alpha value is -1.69. The van der Waals surface area contributed by atoms with Crippen LogP contribution >= 0.6 is 11.3 Å². The fraction of sp³-hybridized carbons (Fsp3) is 0.500. The molecule has 1 fully saturated rings. The number of amides is 1. The van der Waals surface area contributed by atoms with E-state index in [-0.39, 0.29) is 5.91 Å². The average Bonchev–Trinajstić information content (AvgIpc) is 3.16. The Kier molecular flexibility index (Phi) is 7.44. The first-order chi connectivity index (χ1) is 13.2. The summed E-state index contributed by atoms with van der Waals surface area (Å²) in [7, 11) is 3.87. The summed E-state index contributed by atoms with van der Waals surface area (Å²) >= 11 is 1.55. The predicted octanol–water partition coefficient (Wildman–Crippen LogP) is 3.92. The predicted molar refractivity (Wildman–Crippen MR) is 111 cm³/mol. The van der Waals surface area contributed by atoms with E-state index in [1.54, 1.807) is 18.4 Å². The summed E-state index contributed by atoms with van der Waals surface area (Å²) in [6.45, 7) is 4.45. The normalized spacial score (nSPS) is 15.8. The Bertz CT molecular complexity index is 708. The van der Waals surface area contributed by atoms with Crippen molar-refractivity contribution in [3.8, 4) is 0 Å². The molecule has 146 valence electrons. The number of methoxy groups -OCH3 is 1. The molecule has 5 heteroatoms. The van der Waals surface area contributed by atoms with Crippen molar-refractivity contribution in [3.63, 3.8) is 0 Å². The lowest BCUT2D eigenvalue weighted by atomic mass is 9.96. The highest BCUT2D eigenvalue weighted by atomic mass is 32.1. The molecule has 0 unspecified atom stereocenters. The zero-order valence-electron chi connectivity index (χ0n) is 16.4. The number of hydrogen-bond acceptors (Lipinski definition) is 4. The van der Waals surface area contributed by atoms with Crippen molar-refractivity contribution in [2.24, 2.45) is 5.92 Å². The van der Waals surface area contributed by atoms with Gasteiger partial charge in [0.15, 0.2) is 0 Å². The third-order valence-corrected chi connectivity index (χ3v) is 6.32. The number of piperidine rings is 1. The molecule has 2 heterocycles. The second kappa shape index (κ2) is 10.0. The lowest BCUT2D eigenvalue weighted by Gasteiger charge is -2.33. The zero-order valence-corrected chi connectivity index (χ0v) is 17.2. The van der Waals surface area contributed by atoms with Gasteiger partial charge in [0.1, 0.15) is 0 Å². The van der Waals surface area contributed by atoms with Gasteiger partial charge in [-0.15, -0.1) is 11.3 Å². The summed E-state index contributed by atoms with van der Waals surface area (Å²) in [6.07, 6.45) is 3.24. The van der Waals surface area contributed by atoms with Gasteiger partial charge in [0.25, 0.3) is 5.91 Å². The Balaban J connectivity index is 1.68. The number of thiophene rings is 1. The number of rotatable bonds is 8. The van der Waals surface area contributed by atoms with Crippen molar-refractivity contribution < 1.29 is 9.53 Å². The van der Waals surface area contributed by atoms with E-state index in [2.05, 4.69) is 41.1 Å². The highest BCUT2D eigenvalue weighted by Gasteiger charge is 2.24. The Labute approximate surface area is 166 Å². The summed E-state index contributed by atoms with van der Waals surface area (Å²) in [4.78, 5) is 19.6. The van der Waals surface area contributed by atoms with Crippen LogP contribution in [-0.4, -0.2) is 56.0 Å². The molecule has 0 N–H and O–H groups in total. The van der Waals surface area contributed by atoms with E-state index in [0.29, 0.717) is 12.5 Å². The maximum Gasteiger partial charge on any atom is 0.263 e. The first-order valence-electron chi connectivity index (χ1n) is 9.75. The first kappa shape index (κ1) is 20.1. The third kappa shape index (κ3) is 5.89. The summed E-state index contributed by atoms with van der Waals surface area (Å²) < 4.78 is 5.20. The van der Waals surface area contributed by atoms with Crippen LogP contribution in [0.25, 0.3) is 0 Å². The van der Waals surface area contributed by atoms with Crippen LogP contribution in [-0.2, 0) is 17.8 Å². The topological polar surface area (TPSA) is 32.8 Å². The standard InChI is InChI=1S/C22H30N2O2S/c1-23-13-10-19(11-14-23)16-24(15-12-18-6-4-3-5-7-18)22(25)21-9-8-20(27-21)17-26-2/h3-9,19H,10-17H2,1-2H3. The number of carbonyl (C=O) groups is 1. The van der Waals surface area contributed by atoms with Crippen LogP contribution < -0.4 is 0 Å². The fourth-order valence-corrected chi connectivity index (χ4v) is 4.56. The molecule has 4 nitrogen and oxygen atoms in total. The molecule has 2 aromatic rings. The van der Waals surface area contributed by atoms with Crippen LogP contribution in [0.4, 0.5) is 0 Å². The molecule has 1 aliphatic rings. The summed E-state index contributed by atoms with van der Waals surface area (Å²) in [5.41, 5.74) is 1.28. The van der Waals surface area contributed by atoms with Gasteiger partial charge in [0, 0.05) is 25.1 Å². The molecule has 1 aliphatic heterocycles. The van der Waals surface area contributed by atoms with Crippen molar-refractivity contribution in [3.05, 3.63) is 57.8 Å². The maximum atomic E-state index is 13.2. The molecule has 0 saturated carbocycles. The average molecular weight is 387 g/mol. The van der Waals surface area contributed by atoms with Crippen LogP contribution in [0.3, 0.4) is 0 Å². The van der Waals surface area contributed by atoms with Gasteiger partial charge in [-0.25, -0.2) is 0 Å². The van der Waals surface area contributed by atoms with Crippen LogP contribution in [0.2, 0.25) is 0 Å². The lowest BCUT2D eigenvalue weighted by Crippen LogP contribution is -2.40. The van der Waals surface area contributed by atoms with Gasteiger partial charge < -0.3 is 14.5 Å². The van der Waals surface area contributed by atoms with E-state index in [9.17, 15) is 4.79 Å². The van der Waals surface area contributed by atoms with Crippen molar-refractivity contribution in [1.82, 2.24) is 9.80 Å². The highest BCUT2D eigenvalue weighted by Crippen LogP contribution is 2.22. The molecule has 0 spiro atoms. The third-order valence-electron chi connectivity index (χ3n) is 5.28. The Morgan fingerprint density at radius 2 is 1.93 bits per heavy atom. The summed E-state index contributed by atoms with van der Waals surface area (Å²) in [6, 6.07) is 14.4. The van der Waals surface area contributed by atoms with Gasteiger partial charge in [-0.3, -0.25) is 4.79 Å². The Morgan fingerprint density at radius 3 is 2.63 bits per heavy atom. The van der Waals surface area contributed by atoms with Gasteiger partial charge in [-0.1, -0.05) is 30.3 Å². The molecule has 0 radical (unpaired) electrons. The molecular weight excluding hydrogens is 356 g/mol. The minimum Gasteiger partial charge on any atom is -0.379 e. The molecule has 1 saturated heterocycles. The first-order valence-corrected chi connectivity index (χ1v) is 10.6. The van der Waals surface area contributed by atoms with Crippen molar-refractivity contribution in [1.29, 1.82) is 0 Å². The zero-order chi connectivity index (χ0) is 19.1. The number of benzene rings is 1. The molecule has 0 atom stereocenters. The second-order valence-corrected chi connectivity index (χ2v) is 8.60. The minimum atomic E-state index is 0.164. The quantitative estimate of drug-likeness (QED) is 0.689. The molecule has 3 rings (SSSR count). The van der Waals surface area contributed by atoms with Crippen LogP contribution in [0.1, 0.15) is 33.0 Å². The van der Waals surface area contributed by atoms with Crippen molar-refractivity contribution >= 4 is 17.2 Å². The van der Waals surface area contributed by atoms with Gasteiger partial charge in [-0.05, 0) is 63.0 Å². The van der Waals surface area contributed by atoms with Gasteiger partial charge in [0.2, 0.25) is 0 Å². The number of ether oxygens (including phenoxy) is 1. The van der Waals surface area contributed by atoms with Crippen molar-refractivity contribution in [2.75, 3.05) is 40.3 Å². The molecule has 0 aliphatic carbocycles. The highest BCUT2D eigenvalue weighted by molar-refractivity contribution is 7.14. The van der Waals surface area contributed by atoms with Crippen LogP contribution in [0.5, 0.6) is 0 Å². The SMILES string of the molecule is COCc1ccc(C(=O)N(CCc2ccccc2)CC2CCN(C)CC2)s1. The fourth-order valence-electron chi connectivity index (χ4n) is 3.61. The van der Waals surface area contributed by atoms with E-state index >= 15 is 0 Å². The number of hydrogen-bond donors (Lipinski definition) is 0. The van der Waals surface area contributed by atoms with Crippen LogP contribution in [0, 0.1) is 5.92 Å². The largest absolute Gasteiger partial charge is 0.379 e. The minimum absolute atomic E-state index is 0.164. The second-order valence-electron chi connectivity index (χ2n) is 7.43.